The Bertz CT molecular complexity index is 1290. The van der Waals surface area contributed by atoms with Gasteiger partial charge >= 0.3 is 0 Å². The van der Waals surface area contributed by atoms with Crippen LogP contribution in [0.15, 0.2) is 49.1 Å². The van der Waals surface area contributed by atoms with E-state index in [9.17, 15) is 4.79 Å². The number of carbonyl (C=O) groups excluding carboxylic acids is 1. The Hall–Kier alpha value is -3.85. The van der Waals surface area contributed by atoms with Crippen LogP contribution < -0.4 is 11.5 Å². The lowest BCUT2D eigenvalue weighted by molar-refractivity contribution is -0.136. The number of benzene rings is 2. The average molecular weight is 414 g/mol. The molecule has 5 rings (SSSR count). The Balaban J connectivity index is 1.25. The number of hydrogen-bond donors (Lipinski definition) is 2. The van der Waals surface area contributed by atoms with E-state index in [1.165, 1.54) is 12.7 Å². The van der Waals surface area contributed by atoms with Crippen molar-refractivity contribution in [3.05, 3.63) is 60.2 Å². The second kappa shape index (κ2) is 7.77. The molecular weight excluding hydrogens is 392 g/mol. The number of nitrogen functional groups attached to an aromatic ring is 2. The van der Waals surface area contributed by atoms with Crippen LogP contribution >= 0.6 is 0 Å². The Labute approximate surface area is 178 Å². The van der Waals surface area contributed by atoms with Crippen molar-refractivity contribution >= 4 is 39.3 Å². The van der Waals surface area contributed by atoms with Gasteiger partial charge in [-0.05, 0) is 35.4 Å². The maximum Gasteiger partial charge on any atom is 0.237 e. The first-order valence-electron chi connectivity index (χ1n) is 10.1. The van der Waals surface area contributed by atoms with Crippen LogP contribution in [0.5, 0.6) is 0 Å². The summed E-state index contributed by atoms with van der Waals surface area (Å²) in [6.45, 7) is 3.10. The van der Waals surface area contributed by atoms with Crippen LogP contribution in [0.2, 0.25) is 0 Å². The molecule has 2 aromatic heterocycles. The van der Waals surface area contributed by atoms with Gasteiger partial charge in [0.15, 0.2) is 0 Å². The molecule has 2 aromatic carbocycles. The number of fused-ring (bicyclic) bond motifs is 2. The number of anilines is 2. The summed E-state index contributed by atoms with van der Waals surface area (Å²) in [6, 6.07) is 11.8. The first-order chi connectivity index (χ1) is 15.1. The Morgan fingerprint density at radius 1 is 0.774 bits per heavy atom. The van der Waals surface area contributed by atoms with Crippen molar-refractivity contribution in [3.63, 3.8) is 0 Å². The van der Waals surface area contributed by atoms with Crippen molar-refractivity contribution in [1.82, 2.24) is 29.7 Å². The molecule has 4 aromatic rings. The van der Waals surface area contributed by atoms with Crippen LogP contribution in [0, 0.1) is 0 Å². The summed E-state index contributed by atoms with van der Waals surface area (Å²) in [4.78, 5) is 33.4. The standard InChI is InChI=1S/C22H22N8O/c23-21-16-3-1-14(7-18(16)25-12-27-21)9-29-5-6-30(20(31)11-29)10-15-2-4-17-19(8-15)26-13-28-22(17)24/h1-4,7-8,12-13H,5-6,9-11H2,(H2,23,25,27)(H2,24,26,28). The van der Waals surface area contributed by atoms with Crippen LogP contribution in [0.1, 0.15) is 11.1 Å². The lowest BCUT2D eigenvalue weighted by Gasteiger charge is -2.34. The third kappa shape index (κ3) is 3.82. The van der Waals surface area contributed by atoms with Gasteiger partial charge in [-0.2, -0.15) is 0 Å². The normalized spacial score (nSPS) is 15.1. The maximum absolute atomic E-state index is 12.8. The molecule has 0 radical (unpaired) electrons. The van der Waals surface area contributed by atoms with Gasteiger partial charge in [-0.25, -0.2) is 19.9 Å². The number of nitrogens with zero attached hydrogens (tertiary/aromatic N) is 6. The van der Waals surface area contributed by atoms with E-state index in [0.717, 1.165) is 39.5 Å². The van der Waals surface area contributed by atoms with E-state index in [0.29, 0.717) is 37.8 Å². The number of piperazine rings is 1. The number of aromatic nitrogens is 4. The SMILES string of the molecule is Nc1ncnc2cc(CN3CCN(Cc4ccc5c(N)ncnc5c4)C(=O)C3)ccc12. The maximum atomic E-state index is 12.8. The molecule has 31 heavy (non-hydrogen) atoms. The predicted octanol–water partition coefficient (Wildman–Crippen LogP) is 1.58. The van der Waals surface area contributed by atoms with Gasteiger partial charge in [0, 0.05) is 37.0 Å². The molecule has 9 heteroatoms. The van der Waals surface area contributed by atoms with Crippen molar-refractivity contribution in [2.45, 2.75) is 13.1 Å². The summed E-state index contributed by atoms with van der Waals surface area (Å²) in [7, 11) is 0. The highest BCUT2D eigenvalue weighted by Gasteiger charge is 2.24. The van der Waals surface area contributed by atoms with E-state index >= 15 is 0 Å². The number of hydrogen-bond acceptors (Lipinski definition) is 8. The van der Waals surface area contributed by atoms with Gasteiger partial charge in [-0.3, -0.25) is 9.69 Å². The molecule has 1 aliphatic rings. The van der Waals surface area contributed by atoms with Crippen LogP contribution in [-0.2, 0) is 17.9 Å². The molecular formula is C22H22N8O. The van der Waals surface area contributed by atoms with Gasteiger partial charge in [0.2, 0.25) is 5.91 Å². The van der Waals surface area contributed by atoms with Gasteiger partial charge in [0.1, 0.15) is 24.3 Å². The van der Waals surface area contributed by atoms with E-state index < -0.39 is 0 Å². The van der Waals surface area contributed by atoms with E-state index in [-0.39, 0.29) is 5.91 Å². The van der Waals surface area contributed by atoms with Gasteiger partial charge in [-0.15, -0.1) is 0 Å². The molecule has 0 spiro atoms. The minimum atomic E-state index is 0.112. The van der Waals surface area contributed by atoms with Gasteiger partial charge in [-0.1, -0.05) is 12.1 Å². The molecule has 1 saturated heterocycles. The van der Waals surface area contributed by atoms with Crippen molar-refractivity contribution in [3.8, 4) is 0 Å². The molecule has 1 aliphatic heterocycles. The topological polar surface area (TPSA) is 127 Å². The smallest absolute Gasteiger partial charge is 0.237 e. The molecule has 9 nitrogen and oxygen atoms in total. The fourth-order valence-electron chi connectivity index (χ4n) is 3.98. The monoisotopic (exact) mass is 414 g/mol. The molecule has 3 heterocycles. The fourth-order valence-corrected chi connectivity index (χ4v) is 3.98. The summed E-state index contributed by atoms with van der Waals surface area (Å²) in [5.74, 6) is 1.05. The molecule has 1 amide bonds. The minimum absolute atomic E-state index is 0.112. The van der Waals surface area contributed by atoms with E-state index in [1.807, 2.05) is 41.3 Å². The number of nitrogens with two attached hydrogens (primary N) is 2. The molecule has 0 bridgehead atoms. The lowest BCUT2D eigenvalue weighted by atomic mass is 10.1. The van der Waals surface area contributed by atoms with Crippen LogP contribution in [0.4, 0.5) is 11.6 Å². The summed E-state index contributed by atoms with van der Waals surface area (Å²) < 4.78 is 0. The van der Waals surface area contributed by atoms with Crippen molar-refractivity contribution < 1.29 is 4.79 Å². The summed E-state index contributed by atoms with van der Waals surface area (Å²) in [5.41, 5.74) is 15.5. The zero-order valence-corrected chi connectivity index (χ0v) is 16.9. The second-order valence-electron chi connectivity index (χ2n) is 7.75. The van der Waals surface area contributed by atoms with Crippen molar-refractivity contribution in [2.24, 2.45) is 0 Å². The Morgan fingerprint density at radius 2 is 1.35 bits per heavy atom. The van der Waals surface area contributed by atoms with Gasteiger partial charge in [0.25, 0.3) is 0 Å². The number of carbonyl (C=O) groups is 1. The fraction of sp³-hybridized carbons (Fsp3) is 0.227. The highest BCUT2D eigenvalue weighted by Crippen LogP contribution is 2.21. The third-order valence-electron chi connectivity index (χ3n) is 5.64. The molecule has 4 N–H and O–H groups in total. The van der Waals surface area contributed by atoms with E-state index in [4.69, 9.17) is 11.5 Å². The van der Waals surface area contributed by atoms with Crippen molar-refractivity contribution in [2.75, 3.05) is 31.1 Å². The molecule has 0 atom stereocenters. The molecule has 1 fully saturated rings. The highest BCUT2D eigenvalue weighted by molar-refractivity contribution is 5.89. The van der Waals surface area contributed by atoms with Crippen LogP contribution in [-0.4, -0.2) is 55.3 Å². The number of rotatable bonds is 4. The Morgan fingerprint density at radius 3 is 1.94 bits per heavy atom. The minimum Gasteiger partial charge on any atom is -0.383 e. The highest BCUT2D eigenvalue weighted by atomic mass is 16.2. The van der Waals surface area contributed by atoms with Crippen LogP contribution in [0.25, 0.3) is 21.8 Å². The van der Waals surface area contributed by atoms with Crippen molar-refractivity contribution in [1.29, 1.82) is 0 Å². The molecule has 0 unspecified atom stereocenters. The molecule has 0 saturated carbocycles. The first-order valence-corrected chi connectivity index (χ1v) is 10.1. The predicted molar refractivity (Wildman–Crippen MR) is 119 cm³/mol. The van der Waals surface area contributed by atoms with Gasteiger partial charge in [0.05, 0.1) is 17.6 Å². The van der Waals surface area contributed by atoms with Crippen LogP contribution in [0.3, 0.4) is 0 Å². The largest absolute Gasteiger partial charge is 0.383 e. The first kappa shape index (κ1) is 19.1. The number of amides is 1. The van der Waals surface area contributed by atoms with E-state index in [2.05, 4.69) is 24.8 Å². The van der Waals surface area contributed by atoms with E-state index in [1.54, 1.807) is 0 Å². The zero-order valence-electron chi connectivity index (χ0n) is 16.9. The summed E-state index contributed by atoms with van der Waals surface area (Å²) in [5, 5.41) is 1.67. The third-order valence-corrected chi connectivity index (χ3v) is 5.64. The zero-order chi connectivity index (χ0) is 21.4. The lowest BCUT2D eigenvalue weighted by Crippen LogP contribution is -2.49. The van der Waals surface area contributed by atoms with Gasteiger partial charge < -0.3 is 16.4 Å². The second-order valence-corrected chi connectivity index (χ2v) is 7.75. The summed E-state index contributed by atoms with van der Waals surface area (Å²) >= 11 is 0. The Kier molecular flexibility index (Phi) is 4.79. The average Bonchev–Trinajstić information content (AvgIpc) is 2.76. The quantitative estimate of drug-likeness (QED) is 0.515. The molecule has 156 valence electrons. The molecule has 0 aliphatic carbocycles. The summed E-state index contributed by atoms with van der Waals surface area (Å²) in [6.07, 6.45) is 2.93.